The third kappa shape index (κ3) is 4.03. The van der Waals surface area contributed by atoms with Gasteiger partial charge in [0.2, 0.25) is 0 Å². The van der Waals surface area contributed by atoms with Gasteiger partial charge in [-0.2, -0.15) is 0 Å². The Morgan fingerprint density at radius 3 is 2.43 bits per heavy atom. The van der Waals surface area contributed by atoms with Crippen LogP contribution >= 0.6 is 0 Å². The predicted molar refractivity (Wildman–Crippen MR) is 83.3 cm³/mol. The number of aryl methyl sites for hydroxylation is 1. The van der Waals surface area contributed by atoms with E-state index in [0.717, 1.165) is 31.7 Å². The van der Waals surface area contributed by atoms with E-state index in [1.54, 1.807) is 6.92 Å². The molecule has 0 bridgehead atoms. The molecule has 0 aromatic heterocycles. The first-order valence-corrected chi connectivity index (χ1v) is 8.21. The molecule has 1 aliphatic rings. The normalized spacial score (nSPS) is 24.0. The van der Waals surface area contributed by atoms with Crippen LogP contribution < -0.4 is 5.32 Å². The summed E-state index contributed by atoms with van der Waals surface area (Å²) >= 11 is 0. The monoisotopic (exact) mass is 295 g/mol. The quantitative estimate of drug-likeness (QED) is 0.793. The van der Waals surface area contributed by atoms with E-state index in [2.05, 4.69) is 19.2 Å². The third-order valence-electron chi connectivity index (χ3n) is 4.76. The van der Waals surface area contributed by atoms with E-state index in [1.165, 1.54) is 25.0 Å². The summed E-state index contributed by atoms with van der Waals surface area (Å²) < 4.78 is 28.2. The first kappa shape index (κ1) is 16.4. The van der Waals surface area contributed by atoms with Crippen LogP contribution in [0.15, 0.2) is 12.1 Å². The van der Waals surface area contributed by atoms with Gasteiger partial charge in [-0.3, -0.25) is 0 Å². The van der Waals surface area contributed by atoms with Crippen molar-refractivity contribution in [2.45, 2.75) is 58.9 Å². The summed E-state index contributed by atoms with van der Waals surface area (Å²) in [5.74, 6) is 0.581. The van der Waals surface area contributed by atoms with Crippen LogP contribution in [0.5, 0.6) is 0 Å². The summed E-state index contributed by atoms with van der Waals surface area (Å²) in [7, 11) is 0. The summed E-state index contributed by atoms with van der Waals surface area (Å²) in [6.07, 6.45) is 5.56. The average molecular weight is 295 g/mol. The minimum absolute atomic E-state index is 0.0625. The Balaban J connectivity index is 2.25. The second kappa shape index (κ2) is 7.35. The Morgan fingerprint density at radius 1 is 1.14 bits per heavy atom. The molecular weight excluding hydrogens is 268 g/mol. The fourth-order valence-corrected chi connectivity index (χ4v) is 3.35. The van der Waals surface area contributed by atoms with Crippen molar-refractivity contribution in [3.63, 3.8) is 0 Å². The van der Waals surface area contributed by atoms with Gasteiger partial charge in [0.1, 0.15) is 11.6 Å². The molecule has 1 fully saturated rings. The molecule has 0 amide bonds. The molecule has 118 valence electrons. The minimum atomic E-state index is -0.307. The molecule has 3 heteroatoms. The van der Waals surface area contributed by atoms with E-state index in [9.17, 15) is 8.78 Å². The van der Waals surface area contributed by atoms with Crippen LogP contribution in [-0.4, -0.2) is 6.54 Å². The van der Waals surface area contributed by atoms with Gasteiger partial charge in [-0.05, 0) is 62.3 Å². The molecule has 0 spiro atoms. The van der Waals surface area contributed by atoms with Gasteiger partial charge in [-0.25, -0.2) is 8.78 Å². The number of rotatable bonds is 5. The van der Waals surface area contributed by atoms with Crippen molar-refractivity contribution in [2.24, 2.45) is 11.8 Å². The van der Waals surface area contributed by atoms with E-state index < -0.39 is 0 Å². The molecule has 1 aromatic rings. The molecule has 1 saturated carbocycles. The van der Waals surface area contributed by atoms with Crippen molar-refractivity contribution in [1.82, 2.24) is 5.32 Å². The highest BCUT2D eigenvalue weighted by atomic mass is 19.1. The smallest absolute Gasteiger partial charge is 0.128 e. The lowest BCUT2D eigenvalue weighted by Crippen LogP contribution is -2.32. The fourth-order valence-electron chi connectivity index (χ4n) is 3.35. The number of nitrogens with one attached hydrogen (secondary N) is 1. The summed E-state index contributed by atoms with van der Waals surface area (Å²) in [6, 6.07) is 2.67. The van der Waals surface area contributed by atoms with Crippen molar-refractivity contribution in [3.8, 4) is 0 Å². The SMILES string of the molecule is CCCNC(c1cc(F)c(C)cc1F)C1CCC(C)CC1. The van der Waals surface area contributed by atoms with Gasteiger partial charge in [0.15, 0.2) is 0 Å². The molecular formula is C18H27F2N. The Labute approximate surface area is 127 Å². The van der Waals surface area contributed by atoms with Gasteiger partial charge < -0.3 is 5.32 Å². The van der Waals surface area contributed by atoms with E-state index >= 15 is 0 Å². The van der Waals surface area contributed by atoms with Gasteiger partial charge in [0, 0.05) is 11.6 Å². The highest BCUT2D eigenvalue weighted by molar-refractivity contribution is 5.28. The second-order valence-electron chi connectivity index (χ2n) is 6.57. The Bertz CT molecular complexity index is 465. The van der Waals surface area contributed by atoms with Crippen LogP contribution in [0, 0.1) is 30.4 Å². The van der Waals surface area contributed by atoms with Gasteiger partial charge in [0.25, 0.3) is 0 Å². The minimum Gasteiger partial charge on any atom is -0.310 e. The average Bonchev–Trinajstić information content (AvgIpc) is 2.46. The zero-order valence-electron chi connectivity index (χ0n) is 13.4. The predicted octanol–water partition coefficient (Wildman–Crippen LogP) is 5.14. The fraction of sp³-hybridized carbons (Fsp3) is 0.667. The van der Waals surface area contributed by atoms with Crippen molar-refractivity contribution < 1.29 is 8.78 Å². The maximum Gasteiger partial charge on any atom is 0.128 e. The largest absolute Gasteiger partial charge is 0.310 e. The first-order valence-electron chi connectivity index (χ1n) is 8.21. The van der Waals surface area contributed by atoms with Crippen LogP contribution in [0.1, 0.15) is 63.1 Å². The molecule has 0 heterocycles. The molecule has 0 saturated heterocycles. The van der Waals surface area contributed by atoms with Gasteiger partial charge in [-0.1, -0.05) is 26.7 Å². The standard InChI is InChI=1S/C18H27F2N/c1-4-9-21-18(14-7-5-12(2)6-8-14)15-11-16(19)13(3)10-17(15)20/h10-12,14,18,21H,4-9H2,1-3H3. The summed E-state index contributed by atoms with van der Waals surface area (Å²) in [5.41, 5.74) is 0.883. The zero-order chi connectivity index (χ0) is 15.4. The highest BCUT2D eigenvalue weighted by Crippen LogP contribution is 2.38. The lowest BCUT2D eigenvalue weighted by atomic mass is 9.77. The molecule has 2 rings (SSSR count). The lowest BCUT2D eigenvalue weighted by molar-refractivity contribution is 0.228. The molecule has 1 aromatic carbocycles. The van der Waals surface area contributed by atoms with Crippen LogP contribution in [-0.2, 0) is 0 Å². The second-order valence-corrected chi connectivity index (χ2v) is 6.57. The zero-order valence-corrected chi connectivity index (χ0v) is 13.4. The Kier molecular flexibility index (Phi) is 5.74. The molecule has 0 radical (unpaired) electrons. The van der Waals surface area contributed by atoms with Crippen LogP contribution in [0.4, 0.5) is 8.78 Å². The molecule has 0 aliphatic heterocycles. The van der Waals surface area contributed by atoms with E-state index in [1.807, 2.05) is 0 Å². The van der Waals surface area contributed by atoms with Crippen molar-refractivity contribution >= 4 is 0 Å². The summed E-state index contributed by atoms with van der Waals surface area (Å²) in [6.45, 7) is 6.82. The van der Waals surface area contributed by atoms with E-state index in [0.29, 0.717) is 17.0 Å². The number of halogens is 2. The van der Waals surface area contributed by atoms with Gasteiger partial charge in [0.05, 0.1) is 0 Å². The Hall–Kier alpha value is -0.960. The third-order valence-corrected chi connectivity index (χ3v) is 4.76. The van der Waals surface area contributed by atoms with Crippen LogP contribution in [0.2, 0.25) is 0 Å². The topological polar surface area (TPSA) is 12.0 Å². The molecule has 1 N–H and O–H groups in total. The molecule has 21 heavy (non-hydrogen) atoms. The van der Waals surface area contributed by atoms with Crippen LogP contribution in [0.25, 0.3) is 0 Å². The van der Waals surface area contributed by atoms with Gasteiger partial charge >= 0.3 is 0 Å². The van der Waals surface area contributed by atoms with Crippen LogP contribution in [0.3, 0.4) is 0 Å². The van der Waals surface area contributed by atoms with Crippen molar-refractivity contribution in [3.05, 3.63) is 34.9 Å². The molecule has 1 unspecified atom stereocenters. The maximum atomic E-state index is 14.3. The Morgan fingerprint density at radius 2 is 1.81 bits per heavy atom. The molecule has 1 nitrogen and oxygen atoms in total. The lowest BCUT2D eigenvalue weighted by Gasteiger charge is -2.34. The van der Waals surface area contributed by atoms with Crippen molar-refractivity contribution in [2.75, 3.05) is 6.54 Å². The van der Waals surface area contributed by atoms with E-state index in [-0.39, 0.29) is 17.7 Å². The van der Waals surface area contributed by atoms with E-state index in [4.69, 9.17) is 0 Å². The van der Waals surface area contributed by atoms with Crippen molar-refractivity contribution in [1.29, 1.82) is 0 Å². The highest BCUT2D eigenvalue weighted by Gasteiger charge is 2.29. The van der Waals surface area contributed by atoms with Gasteiger partial charge in [-0.15, -0.1) is 0 Å². The summed E-state index contributed by atoms with van der Waals surface area (Å²) in [4.78, 5) is 0. The maximum absolute atomic E-state index is 14.3. The first-order chi connectivity index (χ1) is 10.0. The number of hydrogen-bond donors (Lipinski definition) is 1. The molecule has 1 aliphatic carbocycles. The number of benzene rings is 1. The summed E-state index contributed by atoms with van der Waals surface area (Å²) in [5, 5.41) is 3.45. The molecule has 1 atom stereocenters. The number of hydrogen-bond acceptors (Lipinski definition) is 1.